The molecule has 2 aromatic rings. The zero-order chi connectivity index (χ0) is 21.7. The van der Waals surface area contributed by atoms with Crippen LogP contribution in [-0.2, 0) is 11.3 Å². The highest BCUT2D eigenvalue weighted by Crippen LogP contribution is 2.24. The highest BCUT2D eigenvalue weighted by atomic mass is 19.1. The molecule has 1 saturated heterocycles. The number of carbonyl (C=O) groups excluding carboxylic acids is 2. The summed E-state index contributed by atoms with van der Waals surface area (Å²) in [6.45, 7) is 6.05. The van der Waals surface area contributed by atoms with E-state index in [-0.39, 0.29) is 30.4 Å². The van der Waals surface area contributed by atoms with Crippen molar-refractivity contribution in [3.8, 4) is 11.5 Å². The summed E-state index contributed by atoms with van der Waals surface area (Å²) in [5.41, 5.74) is 1.47. The fourth-order valence-electron chi connectivity index (χ4n) is 3.70. The Morgan fingerprint density at radius 1 is 1.13 bits per heavy atom. The van der Waals surface area contributed by atoms with E-state index in [0.29, 0.717) is 36.4 Å². The Labute approximate surface area is 176 Å². The molecule has 0 aliphatic carbocycles. The predicted molar refractivity (Wildman–Crippen MR) is 111 cm³/mol. The van der Waals surface area contributed by atoms with Crippen molar-refractivity contribution in [1.29, 1.82) is 0 Å². The monoisotopic (exact) mass is 414 g/mol. The Morgan fingerprint density at radius 2 is 1.87 bits per heavy atom. The van der Waals surface area contributed by atoms with E-state index in [4.69, 9.17) is 9.47 Å². The second-order valence-electron chi connectivity index (χ2n) is 7.61. The second kappa shape index (κ2) is 9.71. The van der Waals surface area contributed by atoms with Crippen molar-refractivity contribution in [3.63, 3.8) is 0 Å². The molecule has 2 aromatic carbocycles. The van der Waals surface area contributed by atoms with Crippen molar-refractivity contribution in [1.82, 2.24) is 9.80 Å². The predicted octanol–water partition coefficient (Wildman–Crippen LogP) is 3.15. The van der Waals surface area contributed by atoms with Crippen molar-refractivity contribution in [2.45, 2.75) is 32.5 Å². The Kier molecular flexibility index (Phi) is 7.05. The number of rotatable bonds is 7. The van der Waals surface area contributed by atoms with Crippen LogP contribution in [-0.4, -0.2) is 60.9 Å². The smallest absolute Gasteiger partial charge is 0.260 e. The molecule has 0 spiro atoms. The molecule has 3 rings (SSSR count). The van der Waals surface area contributed by atoms with Crippen LogP contribution in [0.5, 0.6) is 11.5 Å². The minimum absolute atomic E-state index is 0.0322. The number of ether oxygens (including phenoxy) is 2. The van der Waals surface area contributed by atoms with Crippen molar-refractivity contribution in [3.05, 3.63) is 59.4 Å². The first-order valence-electron chi connectivity index (χ1n) is 9.95. The first-order valence-corrected chi connectivity index (χ1v) is 9.95. The molecule has 1 fully saturated rings. The summed E-state index contributed by atoms with van der Waals surface area (Å²) in [7, 11) is 1.48. The molecule has 1 amide bonds. The number of hydrogen-bond donors (Lipinski definition) is 0. The zero-order valence-corrected chi connectivity index (χ0v) is 17.5. The first-order chi connectivity index (χ1) is 14.4. The fraction of sp³-hybridized carbons (Fsp3) is 0.391. The average molecular weight is 414 g/mol. The van der Waals surface area contributed by atoms with E-state index in [0.717, 1.165) is 12.1 Å². The van der Waals surface area contributed by atoms with Gasteiger partial charge in [0.25, 0.3) is 5.91 Å². The van der Waals surface area contributed by atoms with Gasteiger partial charge in [0.15, 0.2) is 12.9 Å². The third-order valence-electron chi connectivity index (χ3n) is 5.43. The largest absolute Gasteiger partial charge is 0.496 e. The normalized spacial score (nSPS) is 19.4. The van der Waals surface area contributed by atoms with E-state index < -0.39 is 0 Å². The lowest BCUT2D eigenvalue weighted by Crippen LogP contribution is -2.58. The highest BCUT2D eigenvalue weighted by molar-refractivity contribution is 5.80. The molecule has 0 N–H and O–H groups in total. The Bertz CT molecular complexity index is 887. The molecule has 7 heteroatoms. The third-order valence-corrected chi connectivity index (χ3v) is 5.43. The minimum Gasteiger partial charge on any atom is -0.496 e. The van der Waals surface area contributed by atoms with E-state index in [1.54, 1.807) is 30.3 Å². The molecule has 1 heterocycles. The lowest BCUT2D eigenvalue weighted by Gasteiger charge is -2.44. The SMILES string of the molecule is COc1cc(OCC(=O)N2CC(C)N(Cc3ccc(F)cc3)CC2C)ccc1C=O. The maximum absolute atomic E-state index is 13.1. The Morgan fingerprint density at radius 3 is 2.53 bits per heavy atom. The molecule has 0 bridgehead atoms. The van der Waals surface area contributed by atoms with Gasteiger partial charge < -0.3 is 14.4 Å². The minimum atomic E-state index is -0.242. The van der Waals surface area contributed by atoms with Gasteiger partial charge in [-0.2, -0.15) is 0 Å². The summed E-state index contributed by atoms with van der Waals surface area (Å²) in [6.07, 6.45) is 0.711. The topological polar surface area (TPSA) is 59.1 Å². The van der Waals surface area contributed by atoms with Crippen LogP contribution in [0.2, 0.25) is 0 Å². The van der Waals surface area contributed by atoms with E-state index in [1.165, 1.54) is 19.2 Å². The number of piperazine rings is 1. The van der Waals surface area contributed by atoms with Crippen molar-refractivity contribution in [2.75, 3.05) is 26.8 Å². The molecule has 0 aromatic heterocycles. The van der Waals surface area contributed by atoms with E-state index in [9.17, 15) is 14.0 Å². The summed E-state index contributed by atoms with van der Waals surface area (Å²) < 4.78 is 23.9. The van der Waals surface area contributed by atoms with Gasteiger partial charge >= 0.3 is 0 Å². The van der Waals surface area contributed by atoms with Crippen molar-refractivity contribution >= 4 is 12.2 Å². The van der Waals surface area contributed by atoms with Crippen molar-refractivity contribution < 1.29 is 23.5 Å². The molecule has 1 aliphatic rings. The van der Waals surface area contributed by atoms with Crippen LogP contribution in [0.1, 0.15) is 29.8 Å². The standard InChI is InChI=1S/C23H27FN2O4/c1-16-12-26(17(2)11-25(16)13-18-4-7-20(24)8-5-18)23(28)15-30-21-9-6-19(14-27)22(10-21)29-3/h4-10,14,16-17H,11-13,15H2,1-3H3. The van der Waals surface area contributed by atoms with Crippen LogP contribution in [0.15, 0.2) is 42.5 Å². The van der Waals surface area contributed by atoms with Gasteiger partial charge in [-0.1, -0.05) is 12.1 Å². The molecular weight excluding hydrogens is 387 g/mol. The van der Waals surface area contributed by atoms with Gasteiger partial charge in [0.1, 0.15) is 17.3 Å². The number of aldehydes is 1. The lowest BCUT2D eigenvalue weighted by molar-refractivity contribution is -0.139. The summed E-state index contributed by atoms with van der Waals surface area (Å²) in [5.74, 6) is 0.552. The molecule has 6 nitrogen and oxygen atoms in total. The first kappa shape index (κ1) is 21.8. The van der Waals surface area contributed by atoms with Crippen LogP contribution < -0.4 is 9.47 Å². The molecule has 160 valence electrons. The van der Waals surface area contributed by atoms with Crippen LogP contribution in [0, 0.1) is 5.82 Å². The average Bonchev–Trinajstić information content (AvgIpc) is 2.75. The third kappa shape index (κ3) is 5.16. The summed E-state index contributed by atoms with van der Waals surface area (Å²) in [5, 5.41) is 0. The van der Waals surface area contributed by atoms with Crippen LogP contribution in [0.25, 0.3) is 0 Å². The van der Waals surface area contributed by atoms with Crippen molar-refractivity contribution in [2.24, 2.45) is 0 Å². The molecule has 1 aliphatic heterocycles. The summed E-state index contributed by atoms with van der Waals surface area (Å²) >= 11 is 0. The van der Waals surface area contributed by atoms with E-state index in [1.807, 2.05) is 11.8 Å². The van der Waals surface area contributed by atoms with Gasteiger partial charge in [-0.15, -0.1) is 0 Å². The van der Waals surface area contributed by atoms with Crippen LogP contribution >= 0.6 is 0 Å². The molecule has 30 heavy (non-hydrogen) atoms. The van der Waals surface area contributed by atoms with Crippen LogP contribution in [0.3, 0.4) is 0 Å². The van der Waals surface area contributed by atoms with Gasteiger partial charge in [0.2, 0.25) is 0 Å². The summed E-state index contributed by atoms with van der Waals surface area (Å²) in [6, 6.07) is 11.6. The van der Waals surface area contributed by atoms with Gasteiger partial charge in [-0.05, 0) is 43.7 Å². The number of nitrogens with zero attached hydrogens (tertiary/aromatic N) is 2. The Balaban J connectivity index is 1.57. The number of hydrogen-bond acceptors (Lipinski definition) is 5. The number of methoxy groups -OCH3 is 1. The number of amides is 1. The molecule has 0 saturated carbocycles. The molecule has 0 radical (unpaired) electrons. The van der Waals surface area contributed by atoms with Gasteiger partial charge in [0, 0.05) is 37.8 Å². The lowest BCUT2D eigenvalue weighted by atomic mass is 10.1. The maximum Gasteiger partial charge on any atom is 0.260 e. The number of carbonyl (C=O) groups is 2. The maximum atomic E-state index is 13.1. The second-order valence-corrected chi connectivity index (χ2v) is 7.61. The highest BCUT2D eigenvalue weighted by Gasteiger charge is 2.32. The molecule has 2 atom stereocenters. The van der Waals surface area contributed by atoms with E-state index in [2.05, 4.69) is 11.8 Å². The van der Waals surface area contributed by atoms with Gasteiger partial charge in [-0.3, -0.25) is 14.5 Å². The Hall–Kier alpha value is -2.93. The summed E-state index contributed by atoms with van der Waals surface area (Å²) in [4.78, 5) is 27.9. The number of benzene rings is 2. The van der Waals surface area contributed by atoms with Gasteiger partial charge in [-0.25, -0.2) is 4.39 Å². The zero-order valence-electron chi connectivity index (χ0n) is 17.5. The van der Waals surface area contributed by atoms with Gasteiger partial charge in [0.05, 0.1) is 12.7 Å². The fourth-order valence-corrected chi connectivity index (χ4v) is 3.70. The van der Waals surface area contributed by atoms with E-state index >= 15 is 0 Å². The molecular formula is C23H27FN2O4. The quantitative estimate of drug-likeness (QED) is 0.652. The van der Waals surface area contributed by atoms with Crippen LogP contribution in [0.4, 0.5) is 4.39 Å². The number of halogens is 1. The molecule has 2 unspecified atom stereocenters.